The monoisotopic (exact) mass is 278 g/mol. The number of aromatic nitrogens is 1. The van der Waals surface area contributed by atoms with Crippen molar-refractivity contribution in [3.63, 3.8) is 0 Å². The number of carboxylic acid groups (broad SMARTS) is 1. The van der Waals surface area contributed by atoms with Gasteiger partial charge in [-0.25, -0.2) is 9.78 Å². The first-order valence-electron chi connectivity index (χ1n) is 7.25. The molecule has 5 heteroatoms. The number of aromatic carboxylic acids is 1. The van der Waals surface area contributed by atoms with E-state index in [4.69, 9.17) is 9.84 Å². The maximum absolute atomic E-state index is 11.1. The minimum atomic E-state index is -0.919. The number of hydrogen-bond acceptors (Lipinski definition) is 4. The Morgan fingerprint density at radius 1 is 1.50 bits per heavy atom. The van der Waals surface area contributed by atoms with Gasteiger partial charge in [-0.05, 0) is 37.3 Å². The summed E-state index contributed by atoms with van der Waals surface area (Å²) in [6.45, 7) is 4.16. The van der Waals surface area contributed by atoms with Gasteiger partial charge in [0.2, 0.25) is 0 Å². The summed E-state index contributed by atoms with van der Waals surface area (Å²) in [5, 5.41) is 12.2. The second-order valence-electron chi connectivity index (χ2n) is 5.23. The van der Waals surface area contributed by atoms with Crippen LogP contribution in [0.2, 0.25) is 0 Å². The van der Waals surface area contributed by atoms with E-state index in [1.54, 1.807) is 12.1 Å². The average molecular weight is 278 g/mol. The molecule has 1 saturated carbocycles. The molecule has 0 saturated heterocycles. The Labute approximate surface area is 119 Å². The Morgan fingerprint density at radius 2 is 2.30 bits per heavy atom. The lowest BCUT2D eigenvalue weighted by atomic mass is 10.1. The highest BCUT2D eigenvalue weighted by molar-refractivity contribution is 5.88. The van der Waals surface area contributed by atoms with Gasteiger partial charge in [0, 0.05) is 18.8 Å². The maximum Gasteiger partial charge on any atom is 0.335 e. The number of aryl methyl sites for hydroxylation is 1. The van der Waals surface area contributed by atoms with E-state index in [1.807, 2.05) is 6.92 Å². The zero-order valence-electron chi connectivity index (χ0n) is 11.9. The molecule has 5 nitrogen and oxygen atoms in total. The van der Waals surface area contributed by atoms with Crippen molar-refractivity contribution in [2.75, 3.05) is 25.1 Å². The number of nitrogens with zero attached hydrogens (tertiary/aromatic N) is 1. The fraction of sp³-hybridized carbons (Fsp3) is 0.600. The van der Waals surface area contributed by atoms with Crippen molar-refractivity contribution in [2.24, 2.45) is 5.92 Å². The molecule has 0 spiro atoms. The van der Waals surface area contributed by atoms with Gasteiger partial charge in [0.15, 0.2) is 0 Å². The lowest BCUT2D eigenvalue weighted by Gasteiger charge is -2.09. The van der Waals surface area contributed by atoms with Crippen LogP contribution in [0.3, 0.4) is 0 Å². The minimum absolute atomic E-state index is 0.282. The third-order valence-corrected chi connectivity index (χ3v) is 3.23. The highest BCUT2D eigenvalue weighted by atomic mass is 16.5. The Kier molecular flexibility index (Phi) is 5.35. The van der Waals surface area contributed by atoms with E-state index >= 15 is 0 Å². The summed E-state index contributed by atoms with van der Waals surface area (Å²) in [6.07, 6.45) is 4.31. The summed E-state index contributed by atoms with van der Waals surface area (Å²) >= 11 is 0. The van der Waals surface area contributed by atoms with Crippen molar-refractivity contribution in [3.05, 3.63) is 23.4 Å². The van der Waals surface area contributed by atoms with Crippen LogP contribution in [0.15, 0.2) is 12.1 Å². The van der Waals surface area contributed by atoms with E-state index in [0.717, 1.165) is 31.1 Å². The van der Waals surface area contributed by atoms with Gasteiger partial charge < -0.3 is 15.2 Å². The molecule has 0 amide bonds. The van der Waals surface area contributed by atoms with Crippen molar-refractivity contribution in [1.82, 2.24) is 4.98 Å². The first-order chi connectivity index (χ1) is 9.69. The third kappa shape index (κ3) is 4.81. The topological polar surface area (TPSA) is 71.5 Å². The number of hydrogen-bond donors (Lipinski definition) is 2. The molecule has 1 aromatic heterocycles. The largest absolute Gasteiger partial charge is 0.478 e. The second kappa shape index (κ2) is 7.24. The van der Waals surface area contributed by atoms with E-state index in [2.05, 4.69) is 10.3 Å². The molecule has 2 N–H and O–H groups in total. The molecule has 0 unspecified atom stereocenters. The number of carboxylic acids is 1. The number of carbonyl (C=O) groups is 1. The molecule has 0 atom stereocenters. The van der Waals surface area contributed by atoms with Crippen LogP contribution in [0.25, 0.3) is 0 Å². The predicted octanol–water partition coefficient (Wildman–Crippen LogP) is 2.57. The van der Waals surface area contributed by atoms with E-state index in [1.165, 1.54) is 12.8 Å². The number of nitrogens with one attached hydrogen (secondary N) is 1. The van der Waals surface area contributed by atoms with Crippen molar-refractivity contribution >= 4 is 11.8 Å². The second-order valence-corrected chi connectivity index (χ2v) is 5.23. The normalized spacial score (nSPS) is 14.2. The van der Waals surface area contributed by atoms with E-state index < -0.39 is 5.97 Å². The Hall–Kier alpha value is -1.62. The molecule has 1 aliphatic carbocycles. The van der Waals surface area contributed by atoms with Crippen LogP contribution < -0.4 is 5.32 Å². The fourth-order valence-electron chi connectivity index (χ4n) is 1.97. The van der Waals surface area contributed by atoms with E-state index in [0.29, 0.717) is 19.0 Å². The summed E-state index contributed by atoms with van der Waals surface area (Å²) in [5.74, 6) is 0.459. The smallest absolute Gasteiger partial charge is 0.335 e. The first kappa shape index (κ1) is 14.8. The number of ether oxygens (including phenoxy) is 1. The van der Waals surface area contributed by atoms with Crippen LogP contribution in [0.1, 0.15) is 42.2 Å². The van der Waals surface area contributed by atoms with Crippen molar-refractivity contribution in [1.29, 1.82) is 0 Å². The molecule has 20 heavy (non-hydrogen) atoms. The van der Waals surface area contributed by atoms with Gasteiger partial charge in [0.05, 0.1) is 12.2 Å². The molecule has 1 fully saturated rings. The molecular formula is C15H22N2O3. The molecule has 1 heterocycles. The summed E-state index contributed by atoms with van der Waals surface area (Å²) < 4.78 is 5.53. The standard InChI is InChI=1S/C15H22N2O3/c1-2-3-13-8-12(15(18)19)9-14(17-13)16-6-7-20-10-11-4-5-11/h8-9,11H,2-7,10H2,1H3,(H,16,17)(H,18,19). The molecular weight excluding hydrogens is 256 g/mol. The number of anilines is 1. The van der Waals surface area contributed by atoms with Crippen LogP contribution in [-0.4, -0.2) is 35.8 Å². The average Bonchev–Trinajstić information content (AvgIpc) is 3.22. The summed E-state index contributed by atoms with van der Waals surface area (Å²) in [5.41, 5.74) is 1.10. The van der Waals surface area contributed by atoms with Gasteiger partial charge in [-0.1, -0.05) is 13.3 Å². The zero-order valence-corrected chi connectivity index (χ0v) is 11.9. The summed E-state index contributed by atoms with van der Waals surface area (Å²) in [6, 6.07) is 3.21. The fourth-order valence-corrected chi connectivity index (χ4v) is 1.97. The van der Waals surface area contributed by atoms with Crippen LogP contribution in [0.4, 0.5) is 5.82 Å². The van der Waals surface area contributed by atoms with Gasteiger partial charge in [-0.2, -0.15) is 0 Å². The summed E-state index contributed by atoms with van der Waals surface area (Å²) in [4.78, 5) is 15.5. The Bertz CT molecular complexity index is 458. The molecule has 0 bridgehead atoms. The van der Waals surface area contributed by atoms with Crippen LogP contribution in [0, 0.1) is 5.92 Å². The van der Waals surface area contributed by atoms with Crippen LogP contribution in [-0.2, 0) is 11.2 Å². The van der Waals surface area contributed by atoms with Gasteiger partial charge in [0.25, 0.3) is 0 Å². The maximum atomic E-state index is 11.1. The van der Waals surface area contributed by atoms with Gasteiger partial charge >= 0.3 is 5.97 Å². The Morgan fingerprint density at radius 3 is 2.95 bits per heavy atom. The zero-order chi connectivity index (χ0) is 14.4. The quantitative estimate of drug-likeness (QED) is 0.679. The SMILES string of the molecule is CCCc1cc(C(=O)O)cc(NCCOCC2CC2)n1. The van der Waals surface area contributed by atoms with Gasteiger partial charge in [-0.3, -0.25) is 0 Å². The molecule has 0 radical (unpaired) electrons. The predicted molar refractivity (Wildman–Crippen MR) is 77.2 cm³/mol. The molecule has 0 aromatic carbocycles. The molecule has 110 valence electrons. The van der Waals surface area contributed by atoms with E-state index in [-0.39, 0.29) is 5.56 Å². The summed E-state index contributed by atoms with van der Waals surface area (Å²) in [7, 11) is 0. The van der Waals surface area contributed by atoms with Crippen molar-refractivity contribution < 1.29 is 14.6 Å². The van der Waals surface area contributed by atoms with Gasteiger partial charge in [0.1, 0.15) is 5.82 Å². The molecule has 0 aliphatic heterocycles. The third-order valence-electron chi connectivity index (χ3n) is 3.23. The van der Waals surface area contributed by atoms with Crippen molar-refractivity contribution in [2.45, 2.75) is 32.6 Å². The van der Waals surface area contributed by atoms with Gasteiger partial charge in [-0.15, -0.1) is 0 Å². The lowest BCUT2D eigenvalue weighted by Crippen LogP contribution is -2.13. The van der Waals surface area contributed by atoms with E-state index in [9.17, 15) is 4.79 Å². The molecule has 1 aromatic rings. The lowest BCUT2D eigenvalue weighted by molar-refractivity contribution is 0.0696. The van der Waals surface area contributed by atoms with Crippen molar-refractivity contribution in [3.8, 4) is 0 Å². The van der Waals surface area contributed by atoms with Crippen LogP contribution >= 0.6 is 0 Å². The number of rotatable bonds is 9. The highest BCUT2D eigenvalue weighted by Gasteiger charge is 2.20. The highest BCUT2D eigenvalue weighted by Crippen LogP contribution is 2.28. The Balaban J connectivity index is 1.85. The minimum Gasteiger partial charge on any atom is -0.478 e. The molecule has 1 aliphatic rings. The first-order valence-corrected chi connectivity index (χ1v) is 7.25. The number of pyridine rings is 1. The van der Waals surface area contributed by atoms with Crippen LogP contribution in [0.5, 0.6) is 0 Å². The molecule has 2 rings (SSSR count).